The third-order valence-electron chi connectivity index (χ3n) is 7.04. The molecule has 192 valence electrons. The summed E-state index contributed by atoms with van der Waals surface area (Å²) in [6, 6.07) is 12.5. The number of benzene rings is 2. The van der Waals surface area contributed by atoms with Crippen molar-refractivity contribution in [1.29, 1.82) is 0 Å². The van der Waals surface area contributed by atoms with Gasteiger partial charge in [0, 0.05) is 11.3 Å². The number of hydrogen-bond acceptors (Lipinski definition) is 5. The number of nitrogens with one attached hydrogen (secondary N) is 2. The molecule has 0 atom stereocenters. The van der Waals surface area contributed by atoms with Gasteiger partial charge in [-0.1, -0.05) is 53.7 Å². The summed E-state index contributed by atoms with van der Waals surface area (Å²) in [6.45, 7) is 12.9. The number of amides is 3. The molecule has 0 radical (unpaired) electrons. The molecule has 1 aliphatic heterocycles. The van der Waals surface area contributed by atoms with Crippen LogP contribution in [0.1, 0.15) is 65.5 Å². The van der Waals surface area contributed by atoms with Crippen LogP contribution in [0.3, 0.4) is 0 Å². The fourth-order valence-electron chi connectivity index (χ4n) is 3.75. The Bertz CT molecular complexity index is 1190. The van der Waals surface area contributed by atoms with Crippen LogP contribution < -0.4 is 55.2 Å². The van der Waals surface area contributed by atoms with Gasteiger partial charge in [-0.2, -0.15) is 0 Å². The van der Waals surface area contributed by atoms with Crippen molar-refractivity contribution < 1.29 is 53.8 Å². The maximum absolute atomic E-state index is 12.6. The van der Waals surface area contributed by atoms with Crippen LogP contribution in [0.5, 0.6) is 5.75 Å². The largest absolute Gasteiger partial charge is 1.00 e. The van der Waals surface area contributed by atoms with Crippen molar-refractivity contribution in [2.24, 2.45) is 0 Å². The van der Waals surface area contributed by atoms with Gasteiger partial charge in [0.05, 0.1) is 11.3 Å². The molecule has 1 saturated heterocycles. The van der Waals surface area contributed by atoms with E-state index in [1.165, 1.54) is 5.56 Å². The van der Waals surface area contributed by atoms with Crippen LogP contribution in [-0.4, -0.2) is 24.3 Å². The number of carbonyl (C=O) groups is 3. The summed E-state index contributed by atoms with van der Waals surface area (Å²) in [5.74, 6) is -1.11. The average Bonchev–Trinajstić information content (AvgIpc) is 3.15. The molecule has 3 amide bonds. The Hall–Kier alpha value is -2.81. The Kier molecular flexibility index (Phi) is 9.99. The zero-order valence-corrected chi connectivity index (χ0v) is 24.7. The minimum atomic E-state index is -0.749. The van der Waals surface area contributed by atoms with Crippen LogP contribution in [0.25, 0.3) is 0 Å². The summed E-state index contributed by atoms with van der Waals surface area (Å²) >= 11 is 0. The zero-order valence-electron chi connectivity index (χ0n) is 22.7. The summed E-state index contributed by atoms with van der Waals surface area (Å²) in [5, 5.41) is 14.7. The molecular weight excluding hydrogens is 481 g/mol. The standard InChI is InChI=1S/C28H35N3O5.Na/c1-7-27(3,4)18-9-14-23(22(15-18)28(5,6)8-2)36-17-24(33)29-19-10-12-20(13-11-19)31-26(35)21(16-32)25(34)30-31;/h9-16,32H,7-8,17H2,1-6H3,(H,29,33)(H,30,34);/q;+1/p-1/b21-16+;. The van der Waals surface area contributed by atoms with Crippen LogP contribution in [0.4, 0.5) is 11.4 Å². The van der Waals surface area contributed by atoms with E-state index < -0.39 is 17.4 Å². The summed E-state index contributed by atoms with van der Waals surface area (Å²) in [6.07, 6.45) is 2.16. The molecule has 0 aliphatic carbocycles. The van der Waals surface area contributed by atoms with Gasteiger partial charge in [0.1, 0.15) is 5.75 Å². The van der Waals surface area contributed by atoms with Crippen molar-refractivity contribution in [2.45, 2.75) is 65.2 Å². The van der Waals surface area contributed by atoms with Crippen molar-refractivity contribution in [2.75, 3.05) is 16.9 Å². The maximum Gasteiger partial charge on any atom is 1.00 e. The molecule has 0 unspecified atom stereocenters. The van der Waals surface area contributed by atoms with E-state index in [1.807, 2.05) is 6.07 Å². The normalized spacial score (nSPS) is 14.9. The van der Waals surface area contributed by atoms with Gasteiger partial charge in [0.25, 0.3) is 17.7 Å². The summed E-state index contributed by atoms with van der Waals surface area (Å²) < 4.78 is 5.97. The van der Waals surface area contributed by atoms with Gasteiger partial charge in [-0.3, -0.25) is 19.8 Å². The fourth-order valence-corrected chi connectivity index (χ4v) is 3.75. The molecule has 2 aromatic rings. The molecule has 0 bridgehead atoms. The third-order valence-corrected chi connectivity index (χ3v) is 7.04. The Morgan fingerprint density at radius 3 is 2.19 bits per heavy atom. The smallest absolute Gasteiger partial charge is 0.877 e. The minimum absolute atomic E-state index is 0. The second-order valence-corrected chi connectivity index (χ2v) is 10.2. The monoisotopic (exact) mass is 515 g/mol. The van der Waals surface area contributed by atoms with E-state index in [-0.39, 0.29) is 59.2 Å². The SMILES string of the molecule is CCC(C)(C)c1ccc(OCC(=O)Nc2ccc(N3NC(=O)/C(=C\[O-])C3=O)cc2)c(C(C)(C)CC)c1.[Na+]. The topological polar surface area (TPSA) is 111 Å². The van der Waals surface area contributed by atoms with E-state index in [1.54, 1.807) is 24.3 Å². The third kappa shape index (κ3) is 6.74. The van der Waals surface area contributed by atoms with E-state index in [9.17, 15) is 19.5 Å². The fraction of sp³-hybridized carbons (Fsp3) is 0.393. The van der Waals surface area contributed by atoms with Crippen LogP contribution in [-0.2, 0) is 25.2 Å². The zero-order chi connectivity index (χ0) is 26.7. The van der Waals surface area contributed by atoms with Gasteiger partial charge in [0.2, 0.25) is 0 Å². The molecule has 37 heavy (non-hydrogen) atoms. The van der Waals surface area contributed by atoms with E-state index >= 15 is 0 Å². The predicted octanol–water partition coefficient (Wildman–Crippen LogP) is 0.705. The number of nitrogens with zero attached hydrogens (tertiary/aromatic N) is 1. The van der Waals surface area contributed by atoms with Gasteiger partial charge < -0.3 is 15.2 Å². The van der Waals surface area contributed by atoms with E-state index in [4.69, 9.17) is 4.74 Å². The average molecular weight is 516 g/mol. The first kappa shape index (κ1) is 30.4. The van der Waals surface area contributed by atoms with Gasteiger partial charge in [0.15, 0.2) is 6.61 Å². The van der Waals surface area contributed by atoms with Gasteiger partial charge in [-0.05, 0) is 59.6 Å². The quantitative estimate of drug-likeness (QED) is 0.221. The number of hydrazine groups is 1. The van der Waals surface area contributed by atoms with Gasteiger partial charge in [-0.25, -0.2) is 5.01 Å². The van der Waals surface area contributed by atoms with Crippen LogP contribution in [0, 0.1) is 0 Å². The summed E-state index contributed by atoms with van der Waals surface area (Å²) in [5.41, 5.74) is 4.96. The maximum atomic E-state index is 12.6. The number of hydrogen-bond donors (Lipinski definition) is 2. The number of anilines is 2. The molecule has 9 heteroatoms. The molecule has 0 saturated carbocycles. The Balaban J connectivity index is 0.00000481. The van der Waals surface area contributed by atoms with E-state index in [0.29, 0.717) is 17.1 Å². The molecule has 1 aliphatic rings. The second kappa shape index (κ2) is 12.2. The van der Waals surface area contributed by atoms with Crippen molar-refractivity contribution >= 4 is 29.1 Å². The number of rotatable bonds is 9. The molecule has 2 aromatic carbocycles. The molecule has 0 spiro atoms. The first-order chi connectivity index (χ1) is 16.9. The first-order valence-corrected chi connectivity index (χ1v) is 12.1. The molecule has 3 rings (SSSR count). The first-order valence-electron chi connectivity index (χ1n) is 12.1. The molecular formula is C28H34N3NaO5. The van der Waals surface area contributed by atoms with Crippen LogP contribution in [0.2, 0.25) is 0 Å². The Labute approximate surface area is 240 Å². The minimum Gasteiger partial charge on any atom is -0.877 e. The molecule has 2 N–H and O–H groups in total. The van der Waals surface area contributed by atoms with E-state index in [0.717, 1.165) is 23.4 Å². The molecule has 0 aromatic heterocycles. The van der Waals surface area contributed by atoms with Gasteiger partial charge >= 0.3 is 29.6 Å². The molecule has 1 heterocycles. The van der Waals surface area contributed by atoms with Gasteiger partial charge in [-0.15, -0.1) is 6.26 Å². The Morgan fingerprint density at radius 1 is 1.03 bits per heavy atom. The van der Waals surface area contributed by atoms with E-state index in [2.05, 4.69) is 64.4 Å². The summed E-state index contributed by atoms with van der Waals surface area (Å²) in [4.78, 5) is 36.4. The Morgan fingerprint density at radius 2 is 1.65 bits per heavy atom. The van der Waals surface area contributed by atoms with Crippen LogP contribution in [0.15, 0.2) is 54.3 Å². The van der Waals surface area contributed by atoms with Crippen molar-refractivity contribution in [1.82, 2.24) is 5.43 Å². The second-order valence-electron chi connectivity index (χ2n) is 10.2. The van der Waals surface area contributed by atoms with Crippen molar-refractivity contribution in [3.8, 4) is 5.75 Å². The molecule has 8 nitrogen and oxygen atoms in total. The number of ether oxygens (including phenoxy) is 1. The number of carbonyl (C=O) groups excluding carboxylic acids is 3. The summed E-state index contributed by atoms with van der Waals surface area (Å²) in [7, 11) is 0. The van der Waals surface area contributed by atoms with Crippen LogP contribution >= 0.6 is 0 Å². The molecule has 1 fully saturated rings. The van der Waals surface area contributed by atoms with Crippen molar-refractivity contribution in [3.63, 3.8) is 0 Å². The van der Waals surface area contributed by atoms with Crippen molar-refractivity contribution in [3.05, 3.63) is 65.4 Å². The predicted molar refractivity (Wildman–Crippen MR) is 137 cm³/mol.